The maximum atomic E-state index is 9.40. The van der Waals surface area contributed by atoms with Crippen LogP contribution in [-0.2, 0) is 6.61 Å². The smallest absolute Gasteiger partial charge is 0.169 e. The first kappa shape index (κ1) is 14.3. The molecule has 0 spiro atoms. The van der Waals surface area contributed by atoms with Crippen LogP contribution in [0, 0.1) is 0 Å². The Morgan fingerprint density at radius 2 is 2.00 bits per heavy atom. The lowest BCUT2D eigenvalue weighted by molar-refractivity contribution is 0.194. The number of aromatic nitrogens is 1. The number of aliphatic hydroxyl groups is 2. The second kappa shape index (κ2) is 6.36. The molecule has 0 saturated heterocycles. The molecule has 0 saturated carbocycles. The van der Waals surface area contributed by atoms with Crippen molar-refractivity contribution in [1.29, 1.82) is 0 Å². The van der Waals surface area contributed by atoms with Gasteiger partial charge in [-0.3, -0.25) is 4.98 Å². The highest BCUT2D eigenvalue weighted by Crippen LogP contribution is 2.32. The van der Waals surface area contributed by atoms with E-state index in [2.05, 4.69) is 4.98 Å². The number of rotatable bonds is 5. The van der Waals surface area contributed by atoms with E-state index in [0.717, 1.165) is 5.56 Å². The molecule has 0 unspecified atom stereocenters. The van der Waals surface area contributed by atoms with Gasteiger partial charge < -0.3 is 19.7 Å². The molecule has 0 radical (unpaired) electrons. The van der Waals surface area contributed by atoms with E-state index in [4.69, 9.17) is 14.6 Å². The van der Waals surface area contributed by atoms with Gasteiger partial charge in [0.25, 0.3) is 0 Å². The van der Waals surface area contributed by atoms with E-state index in [1.54, 1.807) is 43.5 Å². The fourth-order valence-corrected chi connectivity index (χ4v) is 1.72. The summed E-state index contributed by atoms with van der Waals surface area (Å²) in [5, 5.41) is 18.5. The van der Waals surface area contributed by atoms with Crippen molar-refractivity contribution in [1.82, 2.24) is 4.98 Å². The topological polar surface area (TPSA) is 71.8 Å². The average Bonchev–Trinajstić information content (AvgIpc) is 2.48. The third-order valence-corrected chi connectivity index (χ3v) is 2.83. The molecule has 1 aromatic carbocycles. The Morgan fingerprint density at radius 1 is 1.20 bits per heavy atom. The largest absolute Gasteiger partial charge is 0.493 e. The Morgan fingerprint density at radius 3 is 2.55 bits per heavy atom. The van der Waals surface area contributed by atoms with Crippen molar-refractivity contribution in [3.8, 4) is 17.2 Å². The summed E-state index contributed by atoms with van der Waals surface area (Å²) in [5.74, 6) is 1.62. The molecule has 5 heteroatoms. The first-order chi connectivity index (χ1) is 9.63. The first-order valence-corrected chi connectivity index (χ1v) is 6.23. The van der Waals surface area contributed by atoms with Crippen molar-refractivity contribution in [2.75, 3.05) is 7.11 Å². The fourth-order valence-electron chi connectivity index (χ4n) is 1.72. The molecule has 0 amide bonds. The van der Waals surface area contributed by atoms with E-state index in [9.17, 15) is 5.11 Å². The number of nitrogens with zero attached hydrogens (tertiary/aromatic N) is 1. The van der Waals surface area contributed by atoms with Crippen LogP contribution in [0.15, 0.2) is 36.5 Å². The summed E-state index contributed by atoms with van der Waals surface area (Å²) in [6.45, 7) is 1.60. The first-order valence-electron chi connectivity index (χ1n) is 6.23. The highest BCUT2D eigenvalue weighted by atomic mass is 16.5. The van der Waals surface area contributed by atoms with Crippen LogP contribution < -0.4 is 9.47 Å². The molecular formula is C15H17NO4. The normalized spacial score (nSPS) is 12.0. The Labute approximate surface area is 117 Å². The molecule has 0 aliphatic carbocycles. The van der Waals surface area contributed by atoms with Crippen molar-refractivity contribution < 1.29 is 19.7 Å². The molecule has 2 aromatic rings. The van der Waals surface area contributed by atoms with Gasteiger partial charge in [0, 0.05) is 0 Å². The molecule has 5 nitrogen and oxygen atoms in total. The van der Waals surface area contributed by atoms with Crippen LogP contribution in [0.25, 0.3) is 0 Å². The van der Waals surface area contributed by atoms with Gasteiger partial charge in [0.1, 0.15) is 5.75 Å². The highest BCUT2D eigenvalue weighted by Gasteiger charge is 2.08. The van der Waals surface area contributed by atoms with Gasteiger partial charge in [-0.05, 0) is 36.8 Å². The lowest BCUT2D eigenvalue weighted by atomic mass is 10.2. The van der Waals surface area contributed by atoms with Gasteiger partial charge in [-0.25, -0.2) is 0 Å². The lowest BCUT2D eigenvalue weighted by Crippen LogP contribution is -1.96. The molecule has 0 bridgehead atoms. The maximum absolute atomic E-state index is 9.40. The summed E-state index contributed by atoms with van der Waals surface area (Å²) < 4.78 is 10.9. The molecule has 0 fully saturated rings. The van der Waals surface area contributed by atoms with E-state index in [-0.39, 0.29) is 6.61 Å². The highest BCUT2D eigenvalue weighted by molar-refractivity contribution is 5.45. The summed E-state index contributed by atoms with van der Waals surface area (Å²) in [6.07, 6.45) is 0.934. The Kier molecular flexibility index (Phi) is 4.55. The SMILES string of the molecule is COc1cc(CO)ccc1Oc1ccc([C@@H](C)O)nc1. The molecule has 1 heterocycles. The Balaban J connectivity index is 2.20. The number of aliphatic hydroxyl groups excluding tert-OH is 2. The van der Waals surface area contributed by atoms with Crippen LogP contribution in [0.3, 0.4) is 0 Å². The van der Waals surface area contributed by atoms with Crippen molar-refractivity contribution in [2.45, 2.75) is 19.6 Å². The molecule has 0 aliphatic rings. The lowest BCUT2D eigenvalue weighted by Gasteiger charge is -2.11. The van der Waals surface area contributed by atoms with E-state index in [1.165, 1.54) is 7.11 Å². The zero-order valence-corrected chi connectivity index (χ0v) is 11.4. The average molecular weight is 275 g/mol. The number of methoxy groups -OCH3 is 1. The molecule has 106 valence electrons. The number of hydrogen-bond acceptors (Lipinski definition) is 5. The second-order valence-corrected chi connectivity index (χ2v) is 4.34. The number of pyridine rings is 1. The Bertz CT molecular complexity index is 567. The third kappa shape index (κ3) is 3.26. The van der Waals surface area contributed by atoms with Crippen LogP contribution >= 0.6 is 0 Å². The fraction of sp³-hybridized carbons (Fsp3) is 0.267. The van der Waals surface area contributed by atoms with Crippen molar-refractivity contribution in [3.05, 3.63) is 47.8 Å². The van der Waals surface area contributed by atoms with Crippen molar-refractivity contribution in [2.24, 2.45) is 0 Å². The van der Waals surface area contributed by atoms with E-state index in [0.29, 0.717) is 22.9 Å². The van der Waals surface area contributed by atoms with Gasteiger partial charge in [-0.15, -0.1) is 0 Å². The monoisotopic (exact) mass is 275 g/mol. The molecule has 2 rings (SSSR count). The van der Waals surface area contributed by atoms with Crippen LogP contribution in [-0.4, -0.2) is 22.3 Å². The van der Waals surface area contributed by atoms with Gasteiger partial charge in [-0.1, -0.05) is 6.07 Å². The molecule has 0 aliphatic heterocycles. The maximum Gasteiger partial charge on any atom is 0.169 e. The summed E-state index contributed by atoms with van der Waals surface area (Å²) in [5.41, 5.74) is 1.33. The molecular weight excluding hydrogens is 258 g/mol. The van der Waals surface area contributed by atoms with Gasteiger partial charge in [0.05, 0.1) is 31.7 Å². The predicted octanol–water partition coefficient (Wildman–Crippen LogP) is 2.43. The minimum atomic E-state index is -0.609. The Hall–Kier alpha value is -2.11. The van der Waals surface area contributed by atoms with Crippen LogP contribution in [0.4, 0.5) is 0 Å². The van der Waals surface area contributed by atoms with Crippen molar-refractivity contribution >= 4 is 0 Å². The quantitative estimate of drug-likeness (QED) is 0.876. The van der Waals surface area contributed by atoms with Gasteiger partial charge >= 0.3 is 0 Å². The number of benzene rings is 1. The minimum absolute atomic E-state index is 0.0543. The zero-order valence-electron chi connectivity index (χ0n) is 11.4. The van der Waals surface area contributed by atoms with E-state index >= 15 is 0 Å². The predicted molar refractivity (Wildman–Crippen MR) is 73.9 cm³/mol. The number of hydrogen-bond donors (Lipinski definition) is 2. The van der Waals surface area contributed by atoms with E-state index < -0.39 is 6.10 Å². The van der Waals surface area contributed by atoms with Gasteiger partial charge in [0.2, 0.25) is 0 Å². The zero-order chi connectivity index (χ0) is 14.5. The van der Waals surface area contributed by atoms with E-state index in [1.807, 2.05) is 0 Å². The van der Waals surface area contributed by atoms with Crippen LogP contribution in [0.5, 0.6) is 17.2 Å². The summed E-state index contributed by atoms with van der Waals surface area (Å²) in [4.78, 5) is 4.11. The summed E-state index contributed by atoms with van der Waals surface area (Å²) >= 11 is 0. The molecule has 20 heavy (non-hydrogen) atoms. The summed E-state index contributed by atoms with van der Waals surface area (Å²) in [6, 6.07) is 8.64. The van der Waals surface area contributed by atoms with Crippen molar-refractivity contribution in [3.63, 3.8) is 0 Å². The molecule has 2 N–H and O–H groups in total. The molecule has 1 aromatic heterocycles. The number of ether oxygens (including phenoxy) is 2. The standard InChI is InChI=1S/C15H17NO4/c1-10(18)13-5-4-12(8-16-13)20-14-6-3-11(9-17)7-15(14)19-2/h3-8,10,17-18H,9H2,1-2H3/t10-/m1/s1. The van der Waals surface area contributed by atoms with Crippen LogP contribution in [0.2, 0.25) is 0 Å². The second-order valence-electron chi connectivity index (χ2n) is 4.34. The van der Waals surface area contributed by atoms with Gasteiger partial charge in [-0.2, -0.15) is 0 Å². The van der Waals surface area contributed by atoms with Crippen LogP contribution in [0.1, 0.15) is 24.3 Å². The summed E-state index contributed by atoms with van der Waals surface area (Å²) in [7, 11) is 1.54. The third-order valence-electron chi connectivity index (χ3n) is 2.83. The minimum Gasteiger partial charge on any atom is -0.493 e. The molecule has 1 atom stereocenters. The van der Waals surface area contributed by atoms with Gasteiger partial charge in [0.15, 0.2) is 11.5 Å².